The lowest BCUT2D eigenvalue weighted by atomic mass is 10.2. The normalized spacial score (nSPS) is 10.9. The number of fused-ring (bicyclic) bond motifs is 1. The molecule has 0 saturated heterocycles. The molecule has 0 unspecified atom stereocenters. The molecule has 0 amide bonds. The van der Waals surface area contributed by atoms with E-state index >= 15 is 0 Å². The van der Waals surface area contributed by atoms with Gasteiger partial charge in [-0.2, -0.15) is 0 Å². The third kappa shape index (κ3) is 1.76. The molecule has 1 aromatic heterocycles. The van der Waals surface area contributed by atoms with Gasteiger partial charge in [-0.15, -0.1) is 0 Å². The summed E-state index contributed by atoms with van der Waals surface area (Å²) in [5, 5.41) is 1.92. The van der Waals surface area contributed by atoms with E-state index in [0.717, 1.165) is 25.3 Å². The van der Waals surface area contributed by atoms with Crippen molar-refractivity contribution in [1.29, 1.82) is 0 Å². The maximum absolute atomic E-state index is 6.37. The lowest BCUT2D eigenvalue weighted by Gasteiger charge is -2.06. The third-order valence-corrected chi connectivity index (χ3v) is 4.50. The molecular formula is C14H9ClIN. The lowest BCUT2D eigenvalue weighted by Crippen LogP contribution is -1.95. The summed E-state index contributed by atoms with van der Waals surface area (Å²) in [6.45, 7) is 0. The van der Waals surface area contributed by atoms with E-state index in [1.54, 1.807) is 0 Å². The van der Waals surface area contributed by atoms with E-state index < -0.39 is 0 Å². The molecule has 3 rings (SSSR count). The standard InChI is InChI=1S/C14H9ClIN/c15-13-11-8-4-5-9-12(11)17(14(13)16)10-6-2-1-3-7-10/h1-9H. The summed E-state index contributed by atoms with van der Waals surface area (Å²) in [5.74, 6) is 0. The van der Waals surface area contributed by atoms with Gasteiger partial charge in [0.2, 0.25) is 0 Å². The van der Waals surface area contributed by atoms with Crippen LogP contribution >= 0.6 is 34.2 Å². The fourth-order valence-corrected chi connectivity index (χ4v) is 3.07. The van der Waals surface area contributed by atoms with Crippen LogP contribution in [0.4, 0.5) is 0 Å². The van der Waals surface area contributed by atoms with Crippen LogP contribution in [0, 0.1) is 3.70 Å². The molecule has 3 aromatic rings. The van der Waals surface area contributed by atoms with Crippen LogP contribution in [-0.4, -0.2) is 4.57 Å². The van der Waals surface area contributed by atoms with Crippen molar-refractivity contribution in [3.8, 4) is 5.69 Å². The molecule has 0 aliphatic heterocycles. The van der Waals surface area contributed by atoms with Gasteiger partial charge in [-0.1, -0.05) is 48.0 Å². The average molecular weight is 354 g/mol. The summed E-state index contributed by atoms with van der Waals surface area (Å²) in [6.07, 6.45) is 0. The highest BCUT2D eigenvalue weighted by molar-refractivity contribution is 14.1. The second-order valence-corrected chi connectivity index (χ2v) is 5.19. The van der Waals surface area contributed by atoms with Gasteiger partial charge in [-0.25, -0.2) is 0 Å². The number of rotatable bonds is 1. The molecular weight excluding hydrogens is 345 g/mol. The highest BCUT2D eigenvalue weighted by Gasteiger charge is 2.13. The molecule has 1 heterocycles. The highest BCUT2D eigenvalue weighted by Crippen LogP contribution is 2.33. The number of hydrogen-bond acceptors (Lipinski definition) is 0. The molecule has 3 heteroatoms. The van der Waals surface area contributed by atoms with Crippen LogP contribution in [-0.2, 0) is 0 Å². The zero-order valence-corrected chi connectivity index (χ0v) is 11.8. The van der Waals surface area contributed by atoms with E-state index in [9.17, 15) is 0 Å². The zero-order chi connectivity index (χ0) is 11.8. The molecule has 0 spiro atoms. The Bertz CT molecular complexity index is 673. The van der Waals surface area contributed by atoms with Gasteiger partial charge in [-0.05, 0) is 40.8 Å². The summed E-state index contributed by atoms with van der Waals surface area (Å²) in [4.78, 5) is 0. The lowest BCUT2D eigenvalue weighted by molar-refractivity contribution is 1.09. The molecule has 84 valence electrons. The van der Waals surface area contributed by atoms with Crippen LogP contribution in [0.2, 0.25) is 5.02 Å². The van der Waals surface area contributed by atoms with Crippen molar-refractivity contribution in [1.82, 2.24) is 4.57 Å². The highest BCUT2D eigenvalue weighted by atomic mass is 127. The van der Waals surface area contributed by atoms with Gasteiger partial charge >= 0.3 is 0 Å². The Morgan fingerprint density at radius 2 is 1.53 bits per heavy atom. The SMILES string of the molecule is Clc1c(I)n(-c2ccccc2)c2ccccc12. The van der Waals surface area contributed by atoms with Crippen molar-refractivity contribution in [2.45, 2.75) is 0 Å². The fourth-order valence-electron chi connectivity index (χ4n) is 2.00. The van der Waals surface area contributed by atoms with Gasteiger partial charge in [0.1, 0.15) is 3.70 Å². The minimum atomic E-state index is 0.824. The maximum Gasteiger partial charge on any atom is 0.104 e. The maximum atomic E-state index is 6.37. The van der Waals surface area contributed by atoms with E-state index in [4.69, 9.17) is 11.6 Å². The average Bonchev–Trinajstić information content (AvgIpc) is 2.64. The molecule has 0 radical (unpaired) electrons. The van der Waals surface area contributed by atoms with Gasteiger partial charge in [0.15, 0.2) is 0 Å². The number of nitrogens with zero attached hydrogens (tertiary/aromatic N) is 1. The van der Waals surface area contributed by atoms with E-state index in [1.165, 1.54) is 0 Å². The van der Waals surface area contributed by atoms with Gasteiger partial charge < -0.3 is 4.57 Å². The van der Waals surface area contributed by atoms with Gasteiger partial charge in [0.25, 0.3) is 0 Å². The second kappa shape index (κ2) is 4.35. The Morgan fingerprint density at radius 3 is 2.29 bits per heavy atom. The quantitative estimate of drug-likeness (QED) is 0.549. The summed E-state index contributed by atoms with van der Waals surface area (Å²) in [6, 6.07) is 18.5. The molecule has 2 aromatic carbocycles. The fraction of sp³-hybridized carbons (Fsp3) is 0. The minimum absolute atomic E-state index is 0.824. The summed E-state index contributed by atoms with van der Waals surface area (Å²) in [5.41, 5.74) is 2.29. The molecule has 0 aliphatic carbocycles. The zero-order valence-electron chi connectivity index (χ0n) is 8.90. The van der Waals surface area contributed by atoms with E-state index in [2.05, 4.69) is 51.4 Å². The summed E-state index contributed by atoms with van der Waals surface area (Å²) < 4.78 is 3.23. The Labute approximate surface area is 118 Å². The third-order valence-electron chi connectivity index (χ3n) is 2.77. The number of para-hydroxylation sites is 2. The van der Waals surface area contributed by atoms with Crippen LogP contribution in [0.3, 0.4) is 0 Å². The van der Waals surface area contributed by atoms with Crippen LogP contribution in [0.5, 0.6) is 0 Å². The molecule has 0 aliphatic rings. The molecule has 0 bridgehead atoms. The molecule has 17 heavy (non-hydrogen) atoms. The van der Waals surface area contributed by atoms with Crippen LogP contribution in [0.15, 0.2) is 54.6 Å². The first-order valence-corrected chi connectivity index (χ1v) is 6.74. The molecule has 1 nitrogen and oxygen atoms in total. The van der Waals surface area contributed by atoms with Crippen molar-refractivity contribution in [2.75, 3.05) is 0 Å². The van der Waals surface area contributed by atoms with Crippen molar-refractivity contribution in [3.05, 3.63) is 63.3 Å². The first-order valence-electron chi connectivity index (χ1n) is 5.29. The van der Waals surface area contributed by atoms with E-state index in [-0.39, 0.29) is 0 Å². The topological polar surface area (TPSA) is 4.93 Å². The molecule has 0 atom stereocenters. The van der Waals surface area contributed by atoms with Gasteiger partial charge in [0, 0.05) is 11.1 Å². The number of halogens is 2. The Morgan fingerprint density at radius 1 is 0.882 bits per heavy atom. The first-order chi connectivity index (χ1) is 8.29. The van der Waals surface area contributed by atoms with E-state index in [1.807, 2.05) is 30.3 Å². The van der Waals surface area contributed by atoms with Gasteiger partial charge in [-0.3, -0.25) is 0 Å². The minimum Gasteiger partial charge on any atom is -0.303 e. The predicted molar refractivity (Wildman–Crippen MR) is 81.0 cm³/mol. The van der Waals surface area contributed by atoms with Crippen molar-refractivity contribution in [3.63, 3.8) is 0 Å². The Kier molecular flexibility index (Phi) is 2.84. The largest absolute Gasteiger partial charge is 0.303 e. The summed E-state index contributed by atoms with van der Waals surface area (Å²) in [7, 11) is 0. The number of aromatic nitrogens is 1. The summed E-state index contributed by atoms with van der Waals surface area (Å²) >= 11 is 8.66. The number of benzene rings is 2. The van der Waals surface area contributed by atoms with Crippen molar-refractivity contribution >= 4 is 45.1 Å². The monoisotopic (exact) mass is 353 g/mol. The smallest absolute Gasteiger partial charge is 0.104 e. The predicted octanol–water partition coefficient (Wildman–Crippen LogP) is 4.89. The molecule has 0 saturated carbocycles. The Balaban J connectivity index is 2.41. The number of hydrogen-bond donors (Lipinski definition) is 0. The second-order valence-electron chi connectivity index (χ2n) is 3.79. The van der Waals surface area contributed by atoms with Crippen LogP contribution < -0.4 is 0 Å². The Hall–Kier alpha value is -1.00. The van der Waals surface area contributed by atoms with Crippen molar-refractivity contribution in [2.24, 2.45) is 0 Å². The first kappa shape index (κ1) is 11.1. The molecule has 0 N–H and O–H groups in total. The van der Waals surface area contributed by atoms with Crippen molar-refractivity contribution < 1.29 is 0 Å². The van der Waals surface area contributed by atoms with Crippen LogP contribution in [0.1, 0.15) is 0 Å². The molecule has 0 fully saturated rings. The van der Waals surface area contributed by atoms with E-state index in [0.29, 0.717) is 0 Å². The van der Waals surface area contributed by atoms with Crippen LogP contribution in [0.25, 0.3) is 16.6 Å². The van der Waals surface area contributed by atoms with Gasteiger partial charge in [0.05, 0.1) is 10.5 Å².